The molecular weight excluding hydrogens is 390 g/mol. The number of benzene rings is 1. The second-order valence-corrected chi connectivity index (χ2v) is 8.87. The summed E-state index contributed by atoms with van der Waals surface area (Å²) in [5.41, 5.74) is 11.1. The molecule has 0 spiro atoms. The summed E-state index contributed by atoms with van der Waals surface area (Å²) in [6.45, 7) is 7.45. The highest BCUT2D eigenvalue weighted by Gasteiger charge is 2.30. The fourth-order valence-electron chi connectivity index (χ4n) is 4.46. The monoisotopic (exact) mass is 417 g/mol. The minimum Gasteiger partial charge on any atom is -0.487 e. The molecule has 1 aromatic carbocycles. The van der Waals surface area contributed by atoms with E-state index < -0.39 is 0 Å². The molecule has 7 nitrogen and oxygen atoms in total. The number of aromatic nitrogens is 3. The van der Waals surface area contributed by atoms with Crippen molar-refractivity contribution in [1.29, 1.82) is 0 Å². The van der Waals surface area contributed by atoms with Gasteiger partial charge in [-0.3, -0.25) is 4.90 Å². The Hall–Kier alpha value is -3.03. The zero-order valence-corrected chi connectivity index (χ0v) is 17.9. The molecule has 0 saturated carbocycles. The normalized spacial score (nSPS) is 20.3. The molecule has 5 rings (SSSR count). The molecule has 0 bridgehead atoms. The summed E-state index contributed by atoms with van der Waals surface area (Å²) in [5, 5.41) is 0. The Morgan fingerprint density at radius 3 is 2.97 bits per heavy atom. The van der Waals surface area contributed by atoms with E-state index >= 15 is 0 Å². The zero-order chi connectivity index (χ0) is 21.4. The van der Waals surface area contributed by atoms with E-state index in [4.69, 9.17) is 15.2 Å². The van der Waals surface area contributed by atoms with E-state index in [1.54, 1.807) is 12.5 Å². The summed E-state index contributed by atoms with van der Waals surface area (Å²) in [6, 6.07) is 10.3. The summed E-state index contributed by atoms with van der Waals surface area (Å²) in [4.78, 5) is 15.3. The van der Waals surface area contributed by atoms with Crippen molar-refractivity contribution in [2.45, 2.75) is 38.5 Å². The molecule has 2 aliphatic heterocycles. The molecule has 3 aromatic rings. The van der Waals surface area contributed by atoms with Gasteiger partial charge in [0.25, 0.3) is 0 Å². The van der Waals surface area contributed by atoms with Crippen molar-refractivity contribution in [1.82, 2.24) is 19.9 Å². The van der Waals surface area contributed by atoms with E-state index in [1.807, 2.05) is 18.3 Å². The number of nitrogen functional groups attached to an aromatic ring is 1. The zero-order valence-electron chi connectivity index (χ0n) is 17.9. The van der Waals surface area contributed by atoms with Gasteiger partial charge in [0, 0.05) is 44.0 Å². The number of rotatable bonds is 4. The van der Waals surface area contributed by atoms with Gasteiger partial charge in [-0.15, -0.1) is 0 Å². The van der Waals surface area contributed by atoms with E-state index in [-0.39, 0.29) is 11.7 Å². The first-order chi connectivity index (χ1) is 15.0. The van der Waals surface area contributed by atoms with Crippen molar-refractivity contribution in [3.05, 3.63) is 65.9 Å². The first kappa shape index (κ1) is 19.9. The molecule has 160 valence electrons. The maximum absolute atomic E-state index is 6.13. The quantitative estimate of drug-likeness (QED) is 0.696. The second-order valence-electron chi connectivity index (χ2n) is 8.87. The van der Waals surface area contributed by atoms with E-state index in [2.05, 4.69) is 51.9 Å². The average molecular weight is 418 g/mol. The van der Waals surface area contributed by atoms with Crippen molar-refractivity contribution in [2.75, 3.05) is 25.4 Å². The smallest absolute Gasteiger partial charge is 0.123 e. The van der Waals surface area contributed by atoms with Crippen LogP contribution in [-0.2, 0) is 17.7 Å². The Bertz CT molecular complexity index is 1100. The van der Waals surface area contributed by atoms with Crippen LogP contribution < -0.4 is 10.5 Å². The Labute approximate surface area is 182 Å². The van der Waals surface area contributed by atoms with Gasteiger partial charge in [0.15, 0.2) is 0 Å². The molecular formula is C24H27N5O2. The molecule has 0 amide bonds. The number of hydrogen-bond acceptors (Lipinski definition) is 7. The Morgan fingerprint density at radius 1 is 1.19 bits per heavy atom. The van der Waals surface area contributed by atoms with Crippen LogP contribution in [0.25, 0.3) is 11.1 Å². The van der Waals surface area contributed by atoms with Gasteiger partial charge in [-0.05, 0) is 48.7 Å². The lowest BCUT2D eigenvalue weighted by atomic mass is 9.99. The van der Waals surface area contributed by atoms with Crippen LogP contribution in [0.3, 0.4) is 0 Å². The van der Waals surface area contributed by atoms with Crippen molar-refractivity contribution in [3.8, 4) is 16.9 Å². The van der Waals surface area contributed by atoms with Crippen LogP contribution in [-0.4, -0.2) is 45.1 Å². The highest BCUT2D eigenvalue weighted by molar-refractivity contribution is 5.67. The maximum atomic E-state index is 6.13. The summed E-state index contributed by atoms with van der Waals surface area (Å²) >= 11 is 0. The van der Waals surface area contributed by atoms with Crippen LogP contribution in [0.15, 0.2) is 49.1 Å². The van der Waals surface area contributed by atoms with E-state index in [1.165, 1.54) is 11.1 Å². The number of anilines is 1. The number of morpholine rings is 1. The maximum Gasteiger partial charge on any atom is 0.123 e. The lowest BCUT2D eigenvalue weighted by Crippen LogP contribution is -2.38. The van der Waals surface area contributed by atoms with E-state index in [0.29, 0.717) is 12.4 Å². The van der Waals surface area contributed by atoms with Gasteiger partial charge in [-0.25, -0.2) is 15.0 Å². The third kappa shape index (κ3) is 4.24. The van der Waals surface area contributed by atoms with Crippen LogP contribution in [0.5, 0.6) is 5.75 Å². The van der Waals surface area contributed by atoms with Gasteiger partial charge >= 0.3 is 0 Å². The predicted octanol–water partition coefficient (Wildman–Crippen LogP) is 3.41. The average Bonchev–Trinajstić information content (AvgIpc) is 3.07. The van der Waals surface area contributed by atoms with Crippen LogP contribution in [0.2, 0.25) is 0 Å². The Morgan fingerprint density at radius 2 is 2.10 bits per heavy atom. The van der Waals surface area contributed by atoms with Gasteiger partial charge in [-0.2, -0.15) is 0 Å². The number of fused-ring (bicyclic) bond motifs is 1. The molecule has 2 aromatic heterocycles. The highest BCUT2D eigenvalue weighted by Crippen LogP contribution is 2.36. The largest absolute Gasteiger partial charge is 0.487 e. The van der Waals surface area contributed by atoms with Crippen LogP contribution in [0.1, 0.15) is 36.8 Å². The molecule has 31 heavy (non-hydrogen) atoms. The summed E-state index contributed by atoms with van der Waals surface area (Å²) in [6.07, 6.45) is 5.92. The molecule has 1 fully saturated rings. The molecule has 7 heteroatoms. The summed E-state index contributed by atoms with van der Waals surface area (Å²) in [7, 11) is 0. The summed E-state index contributed by atoms with van der Waals surface area (Å²) in [5.74, 6) is 1.48. The molecule has 1 atom stereocenters. The second kappa shape index (κ2) is 7.90. The topological polar surface area (TPSA) is 86.4 Å². The fraction of sp³-hybridized carbons (Fsp3) is 0.375. The standard InChI is InChI=1S/C24H27N5O2/c1-24(2)11-18-9-16(3-4-20(18)31-24)13-29-7-8-30-21(14-29)23-19(12-26-15-28-23)17-5-6-27-22(25)10-17/h3-6,9-10,12,15,21H,7-8,11,13-14H2,1-2H3,(H2,25,27). The number of ether oxygens (including phenoxy) is 2. The van der Waals surface area contributed by atoms with Gasteiger partial charge in [-0.1, -0.05) is 12.1 Å². The van der Waals surface area contributed by atoms with Crippen molar-refractivity contribution >= 4 is 5.82 Å². The molecule has 1 unspecified atom stereocenters. The SMILES string of the molecule is CC1(C)Cc2cc(CN3CCOC(c4ncncc4-c4ccnc(N)c4)C3)ccc2O1. The van der Waals surface area contributed by atoms with Gasteiger partial charge in [0.05, 0.1) is 12.3 Å². The van der Waals surface area contributed by atoms with Crippen molar-refractivity contribution < 1.29 is 9.47 Å². The molecule has 2 aliphatic rings. The third-order valence-corrected chi connectivity index (χ3v) is 5.82. The molecule has 4 heterocycles. The minimum absolute atomic E-state index is 0.120. The van der Waals surface area contributed by atoms with Crippen molar-refractivity contribution in [3.63, 3.8) is 0 Å². The number of pyridine rings is 1. The van der Waals surface area contributed by atoms with E-state index in [0.717, 1.165) is 48.6 Å². The van der Waals surface area contributed by atoms with Crippen molar-refractivity contribution in [2.24, 2.45) is 0 Å². The third-order valence-electron chi connectivity index (χ3n) is 5.82. The predicted molar refractivity (Wildman–Crippen MR) is 118 cm³/mol. The Kier molecular flexibility index (Phi) is 5.08. The number of hydrogen-bond donors (Lipinski definition) is 1. The van der Waals surface area contributed by atoms with Crippen LogP contribution in [0.4, 0.5) is 5.82 Å². The molecule has 2 N–H and O–H groups in total. The summed E-state index contributed by atoms with van der Waals surface area (Å²) < 4.78 is 12.1. The van der Waals surface area contributed by atoms with Gasteiger partial charge in [0.2, 0.25) is 0 Å². The first-order valence-electron chi connectivity index (χ1n) is 10.6. The fourth-order valence-corrected chi connectivity index (χ4v) is 4.46. The van der Waals surface area contributed by atoms with Crippen LogP contribution in [0, 0.1) is 0 Å². The lowest BCUT2D eigenvalue weighted by Gasteiger charge is -2.33. The number of nitrogens with zero attached hydrogens (tertiary/aromatic N) is 4. The molecule has 1 saturated heterocycles. The van der Waals surface area contributed by atoms with Crippen LogP contribution >= 0.6 is 0 Å². The molecule has 0 radical (unpaired) electrons. The van der Waals surface area contributed by atoms with Gasteiger partial charge < -0.3 is 15.2 Å². The Balaban J connectivity index is 1.34. The number of nitrogens with two attached hydrogens (primary N) is 1. The highest BCUT2D eigenvalue weighted by atomic mass is 16.5. The minimum atomic E-state index is -0.127. The first-order valence-corrected chi connectivity index (χ1v) is 10.6. The molecule has 0 aliphatic carbocycles. The van der Waals surface area contributed by atoms with E-state index in [9.17, 15) is 0 Å². The van der Waals surface area contributed by atoms with Gasteiger partial charge in [0.1, 0.15) is 29.6 Å². The lowest BCUT2D eigenvalue weighted by molar-refractivity contribution is -0.0347.